The van der Waals surface area contributed by atoms with Crippen molar-refractivity contribution in [2.45, 2.75) is 39.2 Å². The van der Waals surface area contributed by atoms with E-state index < -0.39 is 9.84 Å². The average Bonchev–Trinajstić information content (AvgIpc) is 2.44. The van der Waals surface area contributed by atoms with Gasteiger partial charge in [0, 0.05) is 12.3 Å². The number of benzene rings is 1. The second-order valence-corrected chi connectivity index (χ2v) is 7.56. The molecule has 1 unspecified atom stereocenters. The Bertz CT molecular complexity index is 497. The lowest BCUT2D eigenvalue weighted by Gasteiger charge is -2.18. The summed E-state index contributed by atoms with van der Waals surface area (Å²) in [6.45, 7) is 5.70. The van der Waals surface area contributed by atoms with Crippen LogP contribution in [-0.4, -0.2) is 33.6 Å². The van der Waals surface area contributed by atoms with Gasteiger partial charge in [-0.2, -0.15) is 0 Å². The number of rotatable bonds is 10. The van der Waals surface area contributed by atoms with E-state index in [1.807, 2.05) is 31.2 Å². The molecular weight excluding hydrogens is 286 g/mol. The van der Waals surface area contributed by atoms with Gasteiger partial charge in [-0.25, -0.2) is 8.42 Å². The molecule has 0 radical (unpaired) electrons. The topological polar surface area (TPSA) is 55.4 Å². The Morgan fingerprint density at radius 2 is 1.86 bits per heavy atom. The highest BCUT2D eigenvalue weighted by atomic mass is 32.2. The van der Waals surface area contributed by atoms with Gasteiger partial charge in [0.2, 0.25) is 0 Å². The molecule has 4 nitrogen and oxygen atoms in total. The van der Waals surface area contributed by atoms with Gasteiger partial charge in [0.25, 0.3) is 0 Å². The third-order valence-corrected chi connectivity index (χ3v) is 4.25. The van der Waals surface area contributed by atoms with Gasteiger partial charge in [0.05, 0.1) is 12.4 Å². The summed E-state index contributed by atoms with van der Waals surface area (Å²) in [5.41, 5.74) is 1.10. The first kappa shape index (κ1) is 18.0. The van der Waals surface area contributed by atoms with E-state index in [4.69, 9.17) is 4.74 Å². The number of ether oxygens (including phenoxy) is 1. The maximum Gasteiger partial charge on any atom is 0.147 e. The monoisotopic (exact) mass is 313 g/mol. The van der Waals surface area contributed by atoms with Crippen LogP contribution in [0.3, 0.4) is 0 Å². The Morgan fingerprint density at radius 3 is 2.38 bits per heavy atom. The molecule has 21 heavy (non-hydrogen) atoms. The molecule has 1 N–H and O–H groups in total. The summed E-state index contributed by atoms with van der Waals surface area (Å²) >= 11 is 0. The van der Waals surface area contributed by atoms with Crippen LogP contribution in [0.5, 0.6) is 5.75 Å². The van der Waals surface area contributed by atoms with Crippen LogP contribution in [0.2, 0.25) is 0 Å². The van der Waals surface area contributed by atoms with Crippen LogP contribution in [0, 0.1) is 0 Å². The van der Waals surface area contributed by atoms with Crippen molar-refractivity contribution in [1.29, 1.82) is 0 Å². The molecule has 0 aliphatic carbocycles. The Kier molecular flexibility index (Phi) is 7.75. The lowest BCUT2D eigenvalue weighted by molar-refractivity contribution is 0.309. The highest BCUT2D eigenvalue weighted by molar-refractivity contribution is 7.90. The smallest absolute Gasteiger partial charge is 0.147 e. The van der Waals surface area contributed by atoms with E-state index >= 15 is 0 Å². The molecule has 1 atom stereocenters. The fourth-order valence-corrected chi connectivity index (χ4v) is 2.76. The third kappa shape index (κ3) is 7.48. The lowest BCUT2D eigenvalue weighted by atomic mass is 10.0. The summed E-state index contributed by atoms with van der Waals surface area (Å²) < 4.78 is 28.3. The first-order chi connectivity index (χ1) is 9.96. The molecule has 0 saturated heterocycles. The van der Waals surface area contributed by atoms with E-state index in [0.29, 0.717) is 6.42 Å². The quantitative estimate of drug-likeness (QED) is 0.675. The number of sulfone groups is 1. The first-order valence-corrected chi connectivity index (χ1v) is 9.66. The minimum Gasteiger partial charge on any atom is -0.494 e. The van der Waals surface area contributed by atoms with E-state index in [0.717, 1.165) is 37.3 Å². The zero-order chi connectivity index (χ0) is 15.7. The molecule has 0 aromatic heterocycles. The Balaban J connectivity index is 2.65. The fraction of sp³-hybridized carbons (Fsp3) is 0.625. The predicted octanol–water partition coefficient (Wildman–Crippen LogP) is 2.95. The predicted molar refractivity (Wildman–Crippen MR) is 87.6 cm³/mol. The van der Waals surface area contributed by atoms with Crippen LogP contribution >= 0.6 is 0 Å². The maximum absolute atomic E-state index is 11.3. The van der Waals surface area contributed by atoms with Crippen LogP contribution in [0.1, 0.15) is 44.7 Å². The highest BCUT2D eigenvalue weighted by Gasteiger charge is 2.13. The zero-order valence-electron chi connectivity index (χ0n) is 13.3. The van der Waals surface area contributed by atoms with Gasteiger partial charge in [0.1, 0.15) is 15.6 Å². The number of unbranched alkanes of at least 4 members (excludes halogenated alkanes) is 1. The van der Waals surface area contributed by atoms with Crippen LogP contribution < -0.4 is 10.1 Å². The molecule has 0 fully saturated rings. The third-order valence-electron chi connectivity index (χ3n) is 3.28. The molecule has 1 aromatic rings. The zero-order valence-corrected chi connectivity index (χ0v) is 14.1. The molecule has 0 saturated carbocycles. The van der Waals surface area contributed by atoms with Gasteiger partial charge < -0.3 is 10.1 Å². The molecule has 0 heterocycles. The van der Waals surface area contributed by atoms with Gasteiger partial charge in [-0.15, -0.1) is 0 Å². The number of hydrogen-bond acceptors (Lipinski definition) is 4. The summed E-state index contributed by atoms with van der Waals surface area (Å²) in [7, 11) is -2.93. The van der Waals surface area contributed by atoms with Crippen LogP contribution in [0.25, 0.3) is 0 Å². The number of nitrogens with one attached hydrogen (secondary N) is 1. The van der Waals surface area contributed by atoms with Gasteiger partial charge in [-0.05, 0) is 37.1 Å². The fourth-order valence-electron chi connectivity index (χ4n) is 2.10. The molecule has 120 valence electrons. The van der Waals surface area contributed by atoms with Gasteiger partial charge in [-0.3, -0.25) is 0 Å². The average molecular weight is 313 g/mol. The van der Waals surface area contributed by atoms with Gasteiger partial charge in [0.15, 0.2) is 0 Å². The van der Waals surface area contributed by atoms with E-state index in [2.05, 4.69) is 12.2 Å². The molecule has 0 spiro atoms. The van der Waals surface area contributed by atoms with Crippen LogP contribution in [-0.2, 0) is 9.84 Å². The molecule has 5 heteroatoms. The van der Waals surface area contributed by atoms with E-state index in [1.54, 1.807) is 0 Å². The van der Waals surface area contributed by atoms with E-state index in [9.17, 15) is 8.42 Å². The molecule has 0 aliphatic rings. The minimum atomic E-state index is -2.93. The summed E-state index contributed by atoms with van der Waals surface area (Å²) in [6.07, 6.45) is 4.03. The number of hydrogen-bond donors (Lipinski definition) is 1. The van der Waals surface area contributed by atoms with Crippen LogP contribution in [0.4, 0.5) is 0 Å². The molecular formula is C16H27NO3S. The standard InChI is InChI=1S/C16H27NO3S/c1-4-6-12-20-15-9-7-14(8-10-15)16(17-5-2)11-13-21(3,18)19/h7-10,16-17H,4-6,11-13H2,1-3H3. The van der Waals surface area contributed by atoms with Crippen molar-refractivity contribution in [1.82, 2.24) is 5.32 Å². The highest BCUT2D eigenvalue weighted by Crippen LogP contribution is 2.21. The van der Waals surface area contributed by atoms with Crippen molar-refractivity contribution < 1.29 is 13.2 Å². The van der Waals surface area contributed by atoms with E-state index in [1.165, 1.54) is 6.26 Å². The van der Waals surface area contributed by atoms with Crippen molar-refractivity contribution in [2.24, 2.45) is 0 Å². The Morgan fingerprint density at radius 1 is 1.19 bits per heavy atom. The minimum absolute atomic E-state index is 0.0643. The molecule has 0 bridgehead atoms. The lowest BCUT2D eigenvalue weighted by Crippen LogP contribution is -2.23. The van der Waals surface area contributed by atoms with Crippen molar-refractivity contribution >= 4 is 9.84 Å². The molecule has 0 aliphatic heterocycles. The second kappa shape index (κ2) is 9.05. The van der Waals surface area contributed by atoms with Crippen molar-refractivity contribution in [2.75, 3.05) is 25.2 Å². The molecule has 0 amide bonds. The largest absolute Gasteiger partial charge is 0.494 e. The van der Waals surface area contributed by atoms with Crippen molar-refractivity contribution in [3.63, 3.8) is 0 Å². The normalized spacial score (nSPS) is 13.1. The molecule has 1 aromatic carbocycles. The summed E-state index contributed by atoms with van der Waals surface area (Å²) in [5.74, 6) is 1.06. The SMILES string of the molecule is CCCCOc1ccc(C(CCS(C)(=O)=O)NCC)cc1. The summed E-state index contributed by atoms with van der Waals surface area (Å²) in [6, 6.07) is 7.99. The van der Waals surface area contributed by atoms with Gasteiger partial charge >= 0.3 is 0 Å². The van der Waals surface area contributed by atoms with Gasteiger partial charge in [-0.1, -0.05) is 32.4 Å². The maximum atomic E-state index is 11.3. The Labute approximate surface area is 128 Å². The first-order valence-electron chi connectivity index (χ1n) is 7.60. The second-order valence-electron chi connectivity index (χ2n) is 5.30. The van der Waals surface area contributed by atoms with Crippen LogP contribution in [0.15, 0.2) is 24.3 Å². The van der Waals surface area contributed by atoms with Crippen molar-refractivity contribution in [3.8, 4) is 5.75 Å². The van der Waals surface area contributed by atoms with Crippen molar-refractivity contribution in [3.05, 3.63) is 29.8 Å². The Hall–Kier alpha value is -1.07. The van der Waals surface area contributed by atoms with E-state index in [-0.39, 0.29) is 11.8 Å². The summed E-state index contributed by atoms with van der Waals surface area (Å²) in [4.78, 5) is 0. The molecule has 1 rings (SSSR count). The summed E-state index contributed by atoms with van der Waals surface area (Å²) in [5, 5.41) is 3.34.